The fourth-order valence-electron chi connectivity index (χ4n) is 1.30. The van der Waals surface area contributed by atoms with Crippen molar-refractivity contribution in [2.45, 2.75) is 19.8 Å². The highest BCUT2D eigenvalue weighted by atomic mass is 16.5. The van der Waals surface area contributed by atoms with Crippen LogP contribution in [0.25, 0.3) is 0 Å². The second kappa shape index (κ2) is 7.88. The molecule has 0 spiro atoms. The fourth-order valence-corrected chi connectivity index (χ4v) is 1.30. The molecule has 0 unspecified atom stereocenters. The Balaban J connectivity index is 2.23. The SMILES string of the molecule is CCCOCCCOc1ccccc1C=O. The first-order valence-electron chi connectivity index (χ1n) is 5.63. The van der Waals surface area contributed by atoms with Crippen molar-refractivity contribution in [1.29, 1.82) is 0 Å². The Hall–Kier alpha value is -1.35. The summed E-state index contributed by atoms with van der Waals surface area (Å²) in [5.41, 5.74) is 0.594. The van der Waals surface area contributed by atoms with Gasteiger partial charge in [0.15, 0.2) is 6.29 Å². The van der Waals surface area contributed by atoms with Gasteiger partial charge in [0.05, 0.1) is 12.2 Å². The van der Waals surface area contributed by atoms with Crippen LogP contribution in [-0.4, -0.2) is 26.1 Å². The average Bonchev–Trinajstić information content (AvgIpc) is 2.34. The Labute approximate surface area is 96.4 Å². The maximum Gasteiger partial charge on any atom is 0.153 e. The summed E-state index contributed by atoms with van der Waals surface area (Å²) in [6, 6.07) is 7.23. The van der Waals surface area contributed by atoms with Gasteiger partial charge < -0.3 is 9.47 Å². The van der Waals surface area contributed by atoms with Crippen molar-refractivity contribution in [3.8, 4) is 5.75 Å². The molecule has 0 aliphatic carbocycles. The van der Waals surface area contributed by atoms with Crippen LogP contribution in [0.4, 0.5) is 0 Å². The van der Waals surface area contributed by atoms with Crippen molar-refractivity contribution in [3.63, 3.8) is 0 Å². The molecule has 3 heteroatoms. The summed E-state index contributed by atoms with van der Waals surface area (Å²) in [7, 11) is 0. The Morgan fingerprint density at radius 1 is 1.19 bits per heavy atom. The molecule has 0 aromatic heterocycles. The number of aldehydes is 1. The molecule has 0 aliphatic heterocycles. The maximum atomic E-state index is 10.7. The summed E-state index contributed by atoms with van der Waals surface area (Å²) in [5.74, 6) is 0.646. The van der Waals surface area contributed by atoms with Crippen LogP contribution < -0.4 is 4.74 Å². The number of carbonyl (C=O) groups excluding carboxylic acids is 1. The van der Waals surface area contributed by atoms with Crippen LogP contribution in [0.5, 0.6) is 5.75 Å². The van der Waals surface area contributed by atoms with Crippen LogP contribution in [0.1, 0.15) is 30.1 Å². The molecule has 0 saturated heterocycles. The summed E-state index contributed by atoms with van der Waals surface area (Å²) in [4.78, 5) is 10.7. The molecule has 16 heavy (non-hydrogen) atoms. The fraction of sp³-hybridized carbons (Fsp3) is 0.462. The van der Waals surface area contributed by atoms with Crippen molar-refractivity contribution in [3.05, 3.63) is 29.8 Å². The predicted molar refractivity (Wildman–Crippen MR) is 63.1 cm³/mol. The first kappa shape index (κ1) is 12.7. The molecule has 0 heterocycles. The second-order valence-electron chi connectivity index (χ2n) is 3.47. The average molecular weight is 222 g/mol. The van der Waals surface area contributed by atoms with Crippen molar-refractivity contribution in [1.82, 2.24) is 0 Å². The number of hydrogen-bond acceptors (Lipinski definition) is 3. The third-order valence-corrected chi connectivity index (χ3v) is 2.09. The summed E-state index contributed by atoms with van der Waals surface area (Å²) < 4.78 is 10.8. The molecule has 0 fully saturated rings. The van der Waals surface area contributed by atoms with Crippen molar-refractivity contribution >= 4 is 6.29 Å². The van der Waals surface area contributed by atoms with Gasteiger partial charge in [-0.25, -0.2) is 0 Å². The van der Waals surface area contributed by atoms with Crippen LogP contribution in [-0.2, 0) is 4.74 Å². The van der Waals surface area contributed by atoms with E-state index < -0.39 is 0 Å². The van der Waals surface area contributed by atoms with E-state index >= 15 is 0 Å². The third-order valence-electron chi connectivity index (χ3n) is 2.09. The van der Waals surface area contributed by atoms with E-state index in [1.54, 1.807) is 12.1 Å². The molecule has 0 atom stereocenters. The molecule has 0 radical (unpaired) electrons. The van der Waals surface area contributed by atoms with Crippen LogP contribution in [0.3, 0.4) is 0 Å². The van der Waals surface area contributed by atoms with Gasteiger partial charge >= 0.3 is 0 Å². The Kier molecular flexibility index (Phi) is 6.26. The minimum Gasteiger partial charge on any atom is -0.493 e. The van der Waals surface area contributed by atoms with Crippen LogP contribution in [0.15, 0.2) is 24.3 Å². The van der Waals surface area contributed by atoms with E-state index in [0.717, 1.165) is 25.7 Å². The Morgan fingerprint density at radius 2 is 2.00 bits per heavy atom. The monoisotopic (exact) mass is 222 g/mol. The van der Waals surface area contributed by atoms with E-state index in [2.05, 4.69) is 6.92 Å². The summed E-state index contributed by atoms with van der Waals surface area (Å²) >= 11 is 0. The lowest BCUT2D eigenvalue weighted by atomic mass is 10.2. The number of rotatable bonds is 8. The predicted octanol–water partition coefficient (Wildman–Crippen LogP) is 2.69. The van der Waals surface area contributed by atoms with E-state index in [9.17, 15) is 4.79 Å². The van der Waals surface area contributed by atoms with E-state index in [0.29, 0.717) is 24.5 Å². The number of carbonyl (C=O) groups is 1. The molecule has 0 amide bonds. The summed E-state index contributed by atoms with van der Waals surface area (Å²) in [6.45, 7) is 4.16. The number of benzene rings is 1. The second-order valence-corrected chi connectivity index (χ2v) is 3.47. The number of para-hydroxylation sites is 1. The van der Waals surface area contributed by atoms with Gasteiger partial charge in [0, 0.05) is 19.6 Å². The standard InChI is InChI=1S/C13H18O3/c1-2-8-15-9-5-10-16-13-7-4-3-6-12(13)11-14/h3-4,6-7,11H,2,5,8-10H2,1H3. The quantitative estimate of drug-likeness (QED) is 0.501. The molecule has 1 rings (SSSR count). The van der Waals surface area contributed by atoms with Gasteiger partial charge in [0.1, 0.15) is 5.75 Å². The molecule has 0 N–H and O–H groups in total. The first-order valence-corrected chi connectivity index (χ1v) is 5.63. The van der Waals surface area contributed by atoms with E-state index in [4.69, 9.17) is 9.47 Å². The van der Waals surface area contributed by atoms with Gasteiger partial charge in [-0.1, -0.05) is 19.1 Å². The van der Waals surface area contributed by atoms with Gasteiger partial charge in [-0.3, -0.25) is 4.79 Å². The Morgan fingerprint density at radius 3 is 2.75 bits per heavy atom. The molecule has 1 aromatic rings. The van der Waals surface area contributed by atoms with Crippen LogP contribution in [0, 0.1) is 0 Å². The van der Waals surface area contributed by atoms with Crippen molar-refractivity contribution in [2.24, 2.45) is 0 Å². The highest BCUT2D eigenvalue weighted by Gasteiger charge is 2.00. The zero-order chi connectivity index (χ0) is 11.6. The van der Waals surface area contributed by atoms with Gasteiger partial charge in [-0.2, -0.15) is 0 Å². The third kappa shape index (κ3) is 4.45. The summed E-state index contributed by atoms with van der Waals surface area (Å²) in [5, 5.41) is 0. The lowest BCUT2D eigenvalue weighted by molar-refractivity contribution is 0.111. The van der Waals surface area contributed by atoms with E-state index in [1.807, 2.05) is 12.1 Å². The molecule has 3 nitrogen and oxygen atoms in total. The largest absolute Gasteiger partial charge is 0.493 e. The molecule has 0 bridgehead atoms. The summed E-state index contributed by atoms with van der Waals surface area (Å²) in [6.07, 6.45) is 2.69. The van der Waals surface area contributed by atoms with E-state index in [-0.39, 0.29) is 0 Å². The highest BCUT2D eigenvalue weighted by Crippen LogP contribution is 2.15. The zero-order valence-corrected chi connectivity index (χ0v) is 9.65. The van der Waals surface area contributed by atoms with Gasteiger partial charge in [-0.15, -0.1) is 0 Å². The van der Waals surface area contributed by atoms with Crippen molar-refractivity contribution < 1.29 is 14.3 Å². The molecular formula is C13H18O3. The van der Waals surface area contributed by atoms with Gasteiger partial charge in [0.2, 0.25) is 0 Å². The topological polar surface area (TPSA) is 35.5 Å². The van der Waals surface area contributed by atoms with Gasteiger partial charge in [-0.05, 0) is 18.6 Å². The maximum absolute atomic E-state index is 10.7. The minimum atomic E-state index is 0.578. The molecular weight excluding hydrogens is 204 g/mol. The van der Waals surface area contributed by atoms with Crippen LogP contribution >= 0.6 is 0 Å². The lowest BCUT2D eigenvalue weighted by Gasteiger charge is -2.08. The lowest BCUT2D eigenvalue weighted by Crippen LogP contribution is -2.04. The molecule has 0 aliphatic rings. The molecule has 1 aromatic carbocycles. The van der Waals surface area contributed by atoms with Gasteiger partial charge in [0.25, 0.3) is 0 Å². The first-order chi connectivity index (χ1) is 7.88. The van der Waals surface area contributed by atoms with Crippen LogP contribution in [0.2, 0.25) is 0 Å². The highest BCUT2D eigenvalue weighted by molar-refractivity contribution is 5.79. The number of hydrogen-bond donors (Lipinski definition) is 0. The zero-order valence-electron chi connectivity index (χ0n) is 9.65. The van der Waals surface area contributed by atoms with Crippen molar-refractivity contribution in [2.75, 3.05) is 19.8 Å². The number of ether oxygens (including phenoxy) is 2. The smallest absolute Gasteiger partial charge is 0.153 e. The van der Waals surface area contributed by atoms with E-state index in [1.165, 1.54) is 0 Å². The Bertz CT molecular complexity index is 310. The molecule has 88 valence electrons. The normalized spacial score (nSPS) is 10.1. The minimum absolute atomic E-state index is 0.578. The molecule has 0 saturated carbocycles.